The lowest BCUT2D eigenvalue weighted by Gasteiger charge is -2.10. The molecule has 11 heteroatoms. The minimum absolute atomic E-state index is 0.00452. The minimum Gasteiger partial charge on any atom is -0.503 e. The van der Waals surface area contributed by atoms with Gasteiger partial charge in [-0.3, -0.25) is 9.36 Å². The molecule has 0 aliphatic heterocycles. The zero-order chi connectivity index (χ0) is 24.8. The van der Waals surface area contributed by atoms with Crippen LogP contribution in [-0.2, 0) is 4.79 Å². The molecule has 2 N–H and O–H groups in total. The number of para-hydroxylation sites is 1. The second-order valence-electron chi connectivity index (χ2n) is 7.12. The average Bonchev–Trinajstić information content (AvgIpc) is 3.29. The molecule has 0 aliphatic rings. The normalized spacial score (nSPS) is 11.1. The number of nitrogens with one attached hydrogen (secondary N) is 1. The van der Waals surface area contributed by atoms with Crippen LogP contribution in [-0.4, -0.2) is 44.9 Å². The van der Waals surface area contributed by atoms with Gasteiger partial charge in [-0.1, -0.05) is 58.0 Å². The molecule has 8 nitrogen and oxygen atoms in total. The minimum atomic E-state index is -0.302. The maximum Gasteiger partial charge on any atom is 0.250 e. The van der Waals surface area contributed by atoms with E-state index in [0.717, 1.165) is 15.7 Å². The number of ether oxygens (including phenoxy) is 1. The van der Waals surface area contributed by atoms with Gasteiger partial charge in [0.25, 0.3) is 5.91 Å². The highest BCUT2D eigenvalue weighted by atomic mass is 79.9. The Labute approximate surface area is 222 Å². The number of halogens is 2. The van der Waals surface area contributed by atoms with Gasteiger partial charge in [-0.25, -0.2) is 5.43 Å². The molecule has 1 aromatic heterocycles. The number of phenolic OH excluding ortho intramolecular Hbond substituents is 1. The first-order valence-electron chi connectivity index (χ1n) is 10.2. The number of nitrogens with zero attached hydrogens (tertiary/aromatic N) is 4. The maximum atomic E-state index is 12.4. The Morgan fingerprint density at radius 1 is 1.14 bits per heavy atom. The van der Waals surface area contributed by atoms with Crippen LogP contribution in [0.2, 0.25) is 0 Å². The number of methoxy groups -OCH3 is 1. The molecule has 1 amide bonds. The average molecular weight is 617 g/mol. The van der Waals surface area contributed by atoms with Gasteiger partial charge in [0.15, 0.2) is 22.5 Å². The number of rotatable bonds is 8. The second kappa shape index (κ2) is 11.5. The van der Waals surface area contributed by atoms with Crippen molar-refractivity contribution >= 4 is 55.7 Å². The molecule has 0 fully saturated rings. The lowest BCUT2D eigenvalue weighted by Crippen LogP contribution is -2.20. The van der Waals surface area contributed by atoms with E-state index in [1.807, 2.05) is 59.2 Å². The number of amides is 1. The fourth-order valence-corrected chi connectivity index (χ4v) is 4.59. The molecule has 0 saturated heterocycles. The van der Waals surface area contributed by atoms with Crippen molar-refractivity contribution in [1.29, 1.82) is 0 Å². The monoisotopic (exact) mass is 615 g/mol. The van der Waals surface area contributed by atoms with Crippen molar-refractivity contribution in [2.75, 3.05) is 12.9 Å². The first-order valence-corrected chi connectivity index (χ1v) is 12.8. The van der Waals surface area contributed by atoms with E-state index in [-0.39, 0.29) is 17.4 Å². The number of carbonyl (C=O) groups is 1. The van der Waals surface area contributed by atoms with Crippen molar-refractivity contribution in [3.05, 3.63) is 81.2 Å². The fraction of sp³-hybridized carbons (Fsp3) is 0.0833. The fourth-order valence-electron chi connectivity index (χ4n) is 3.12. The summed E-state index contributed by atoms with van der Waals surface area (Å²) in [7, 11) is 1.46. The number of aromatic nitrogens is 3. The number of hydrogen-bond donors (Lipinski definition) is 2. The standard InChI is InChI=1S/C24H19Br2N5O3S/c1-34-20-12-15(11-19(26)22(20)33)13-27-28-21(32)14-35-24-30-29-23(16-7-9-17(25)10-8-16)31(24)18-5-3-2-4-6-18/h2-13,33H,14H2,1H3,(H,28,32)/b27-13-. The van der Waals surface area contributed by atoms with Crippen molar-refractivity contribution in [3.8, 4) is 28.6 Å². The third-order valence-electron chi connectivity index (χ3n) is 4.76. The van der Waals surface area contributed by atoms with Crippen molar-refractivity contribution in [2.24, 2.45) is 5.10 Å². The summed E-state index contributed by atoms with van der Waals surface area (Å²) in [6, 6.07) is 20.8. The zero-order valence-corrected chi connectivity index (χ0v) is 22.3. The SMILES string of the molecule is COc1cc(/C=N\NC(=O)CSc2nnc(-c3ccc(Br)cc3)n2-c2ccccc2)cc(Br)c1O. The lowest BCUT2D eigenvalue weighted by atomic mass is 10.2. The molecule has 0 unspecified atom stereocenters. The van der Waals surface area contributed by atoms with E-state index in [4.69, 9.17) is 4.74 Å². The number of phenols is 1. The highest BCUT2D eigenvalue weighted by molar-refractivity contribution is 9.10. The molecule has 178 valence electrons. The van der Waals surface area contributed by atoms with Crippen LogP contribution in [0.4, 0.5) is 0 Å². The topological polar surface area (TPSA) is 102 Å². The number of aromatic hydroxyl groups is 1. The quantitative estimate of drug-likeness (QED) is 0.156. The van der Waals surface area contributed by atoms with E-state index in [9.17, 15) is 9.90 Å². The number of hydrogen-bond acceptors (Lipinski definition) is 7. The van der Waals surface area contributed by atoms with Gasteiger partial charge in [0.2, 0.25) is 0 Å². The predicted octanol–water partition coefficient (Wildman–Crippen LogP) is 5.42. The van der Waals surface area contributed by atoms with Gasteiger partial charge in [-0.15, -0.1) is 10.2 Å². The Hall–Kier alpha value is -3.15. The van der Waals surface area contributed by atoms with Gasteiger partial charge in [0, 0.05) is 15.7 Å². The van der Waals surface area contributed by atoms with Crippen LogP contribution in [0.3, 0.4) is 0 Å². The molecule has 0 spiro atoms. The molecule has 0 saturated carbocycles. The third kappa shape index (κ3) is 6.11. The number of thioether (sulfide) groups is 1. The van der Waals surface area contributed by atoms with E-state index in [1.54, 1.807) is 12.1 Å². The van der Waals surface area contributed by atoms with Crippen LogP contribution in [0.15, 0.2) is 85.9 Å². The Morgan fingerprint density at radius 2 is 1.89 bits per heavy atom. The van der Waals surface area contributed by atoms with Crippen molar-refractivity contribution in [3.63, 3.8) is 0 Å². The van der Waals surface area contributed by atoms with Crippen LogP contribution in [0.1, 0.15) is 5.56 Å². The van der Waals surface area contributed by atoms with E-state index in [2.05, 4.69) is 52.6 Å². The largest absolute Gasteiger partial charge is 0.503 e. The van der Waals surface area contributed by atoms with E-state index in [1.165, 1.54) is 25.1 Å². The first kappa shape index (κ1) is 25.0. The summed E-state index contributed by atoms with van der Waals surface area (Å²) >= 11 is 7.97. The van der Waals surface area contributed by atoms with Crippen LogP contribution in [0.25, 0.3) is 17.1 Å². The molecular weight excluding hydrogens is 598 g/mol. The number of carbonyl (C=O) groups excluding carboxylic acids is 1. The van der Waals surface area contributed by atoms with Crippen molar-refractivity contribution in [2.45, 2.75) is 5.16 Å². The van der Waals surface area contributed by atoms with Crippen LogP contribution >= 0.6 is 43.6 Å². The Morgan fingerprint density at radius 3 is 2.60 bits per heavy atom. The predicted molar refractivity (Wildman–Crippen MR) is 143 cm³/mol. The molecule has 0 radical (unpaired) electrons. The molecule has 3 aromatic carbocycles. The van der Waals surface area contributed by atoms with Crippen LogP contribution in [0.5, 0.6) is 11.5 Å². The molecule has 4 rings (SSSR count). The maximum absolute atomic E-state index is 12.4. The summed E-state index contributed by atoms with van der Waals surface area (Å²) in [5.74, 6) is 0.755. The summed E-state index contributed by atoms with van der Waals surface area (Å²) in [4.78, 5) is 12.4. The number of benzene rings is 3. The zero-order valence-electron chi connectivity index (χ0n) is 18.4. The summed E-state index contributed by atoms with van der Waals surface area (Å²) in [5, 5.41) is 23.2. The number of hydrazone groups is 1. The molecule has 1 heterocycles. The van der Waals surface area contributed by atoms with Gasteiger partial charge in [-0.05, 0) is 57.9 Å². The van der Waals surface area contributed by atoms with Crippen molar-refractivity contribution < 1.29 is 14.6 Å². The summed E-state index contributed by atoms with van der Waals surface area (Å²) < 4.78 is 8.47. The molecule has 0 atom stereocenters. The summed E-state index contributed by atoms with van der Waals surface area (Å²) in [6.07, 6.45) is 1.47. The Balaban J connectivity index is 1.48. The van der Waals surface area contributed by atoms with Crippen LogP contribution in [0, 0.1) is 0 Å². The Bertz CT molecular complexity index is 1360. The van der Waals surface area contributed by atoms with Gasteiger partial charge in [0.1, 0.15) is 0 Å². The molecule has 4 aromatic rings. The van der Waals surface area contributed by atoms with Crippen molar-refractivity contribution in [1.82, 2.24) is 20.2 Å². The van der Waals surface area contributed by atoms with Gasteiger partial charge in [-0.2, -0.15) is 5.10 Å². The van der Waals surface area contributed by atoms with Gasteiger partial charge in [0.05, 0.1) is 23.5 Å². The molecular formula is C24H19Br2N5O3S. The highest BCUT2D eigenvalue weighted by Crippen LogP contribution is 2.34. The summed E-state index contributed by atoms with van der Waals surface area (Å²) in [6.45, 7) is 0. The highest BCUT2D eigenvalue weighted by Gasteiger charge is 2.17. The van der Waals surface area contributed by atoms with Crippen LogP contribution < -0.4 is 10.2 Å². The second-order valence-corrected chi connectivity index (χ2v) is 9.83. The van der Waals surface area contributed by atoms with E-state index in [0.29, 0.717) is 26.8 Å². The first-order chi connectivity index (χ1) is 17.0. The smallest absolute Gasteiger partial charge is 0.250 e. The molecule has 35 heavy (non-hydrogen) atoms. The van der Waals surface area contributed by atoms with Gasteiger partial charge >= 0.3 is 0 Å². The Kier molecular flexibility index (Phi) is 8.21. The third-order valence-corrected chi connectivity index (χ3v) is 6.82. The van der Waals surface area contributed by atoms with E-state index < -0.39 is 0 Å². The molecule has 0 bridgehead atoms. The lowest BCUT2D eigenvalue weighted by molar-refractivity contribution is -0.118. The van der Waals surface area contributed by atoms with E-state index >= 15 is 0 Å². The van der Waals surface area contributed by atoms with Gasteiger partial charge < -0.3 is 9.84 Å². The summed E-state index contributed by atoms with van der Waals surface area (Å²) in [5.41, 5.74) is 4.94. The molecule has 0 aliphatic carbocycles.